The number of fused-ring (bicyclic) bond motifs is 1. The summed E-state index contributed by atoms with van der Waals surface area (Å²) in [6.45, 7) is 3.96. The molecule has 2 rings (SSSR count). The van der Waals surface area contributed by atoms with E-state index in [0.717, 1.165) is 0 Å². The lowest BCUT2D eigenvalue weighted by Crippen LogP contribution is -2.23. The van der Waals surface area contributed by atoms with Crippen LogP contribution in [0.4, 0.5) is 0 Å². The van der Waals surface area contributed by atoms with Crippen molar-refractivity contribution in [3.05, 3.63) is 35.0 Å². The van der Waals surface area contributed by atoms with E-state index in [9.17, 15) is 14.7 Å². The van der Waals surface area contributed by atoms with E-state index in [4.69, 9.17) is 5.11 Å². The van der Waals surface area contributed by atoms with Gasteiger partial charge in [-0.05, 0) is 31.5 Å². The second-order valence-corrected chi connectivity index (χ2v) is 4.35. The van der Waals surface area contributed by atoms with Gasteiger partial charge in [0.1, 0.15) is 16.8 Å². The standard InChI is InChI=1S/C14H14N2O4/c1-3-15-13(18)10-5-4-8-7(2)6-9(14(19)20)12(17)11(8)16-10/h4-6,17H,3H2,1-2H3,(H,15,18)(H,19,20). The van der Waals surface area contributed by atoms with E-state index in [1.807, 2.05) is 0 Å². The van der Waals surface area contributed by atoms with E-state index in [-0.39, 0.29) is 22.7 Å². The fourth-order valence-corrected chi connectivity index (χ4v) is 1.99. The number of pyridine rings is 1. The second-order valence-electron chi connectivity index (χ2n) is 4.35. The van der Waals surface area contributed by atoms with Crippen molar-refractivity contribution in [3.63, 3.8) is 0 Å². The molecule has 1 aromatic heterocycles. The van der Waals surface area contributed by atoms with Crippen molar-refractivity contribution in [1.29, 1.82) is 0 Å². The molecule has 0 atom stereocenters. The molecule has 2 aromatic rings. The van der Waals surface area contributed by atoms with Crippen LogP contribution in [0.1, 0.15) is 33.3 Å². The smallest absolute Gasteiger partial charge is 0.339 e. The number of aryl methyl sites for hydroxylation is 1. The number of amides is 1. The Bertz CT molecular complexity index is 710. The number of nitrogens with one attached hydrogen (secondary N) is 1. The third kappa shape index (κ3) is 2.27. The number of aromatic nitrogens is 1. The summed E-state index contributed by atoms with van der Waals surface area (Å²) in [5, 5.41) is 22.3. The lowest BCUT2D eigenvalue weighted by atomic mass is 10.0. The van der Waals surface area contributed by atoms with Gasteiger partial charge in [-0.2, -0.15) is 0 Å². The van der Waals surface area contributed by atoms with Gasteiger partial charge in [0.25, 0.3) is 5.91 Å². The van der Waals surface area contributed by atoms with Crippen molar-refractivity contribution in [2.24, 2.45) is 0 Å². The van der Waals surface area contributed by atoms with Crippen molar-refractivity contribution < 1.29 is 19.8 Å². The van der Waals surface area contributed by atoms with Crippen LogP contribution in [0.25, 0.3) is 10.9 Å². The van der Waals surface area contributed by atoms with Crippen molar-refractivity contribution in [2.45, 2.75) is 13.8 Å². The van der Waals surface area contributed by atoms with Crippen LogP contribution >= 0.6 is 0 Å². The molecule has 0 spiro atoms. The van der Waals surface area contributed by atoms with Crippen molar-refractivity contribution in [2.75, 3.05) is 6.54 Å². The fraction of sp³-hybridized carbons (Fsp3) is 0.214. The molecule has 0 bridgehead atoms. The number of hydrogen-bond acceptors (Lipinski definition) is 4. The summed E-state index contributed by atoms with van der Waals surface area (Å²) >= 11 is 0. The predicted molar refractivity (Wildman–Crippen MR) is 73.1 cm³/mol. The van der Waals surface area contributed by atoms with Gasteiger partial charge in [0.2, 0.25) is 0 Å². The van der Waals surface area contributed by atoms with Gasteiger partial charge in [-0.3, -0.25) is 4.79 Å². The van der Waals surface area contributed by atoms with Crippen molar-refractivity contribution in [1.82, 2.24) is 10.3 Å². The molecular weight excluding hydrogens is 260 g/mol. The molecular formula is C14H14N2O4. The molecule has 0 fully saturated rings. The minimum atomic E-state index is -1.24. The maximum absolute atomic E-state index is 11.7. The van der Waals surface area contributed by atoms with Gasteiger partial charge in [0.15, 0.2) is 5.75 Å². The minimum absolute atomic E-state index is 0.117. The molecule has 0 aliphatic carbocycles. The van der Waals surface area contributed by atoms with Crippen LogP contribution in [0.5, 0.6) is 5.75 Å². The zero-order valence-corrected chi connectivity index (χ0v) is 11.1. The lowest BCUT2D eigenvalue weighted by Gasteiger charge is -2.09. The highest BCUT2D eigenvalue weighted by molar-refractivity contribution is 6.02. The number of phenols is 1. The summed E-state index contributed by atoms with van der Waals surface area (Å²) in [6.07, 6.45) is 0. The van der Waals surface area contributed by atoms with Crippen LogP contribution in [-0.2, 0) is 0 Å². The van der Waals surface area contributed by atoms with E-state index in [1.54, 1.807) is 26.0 Å². The number of aromatic hydroxyl groups is 1. The summed E-state index contributed by atoms with van der Waals surface area (Å²) < 4.78 is 0. The maximum Gasteiger partial charge on any atom is 0.339 e. The molecule has 6 nitrogen and oxygen atoms in total. The SMILES string of the molecule is CCNC(=O)c1ccc2c(C)cc(C(=O)O)c(O)c2n1. The first-order valence-electron chi connectivity index (χ1n) is 6.10. The summed E-state index contributed by atoms with van der Waals surface area (Å²) in [6, 6.07) is 4.57. The molecule has 0 radical (unpaired) electrons. The predicted octanol–water partition coefficient (Wildman–Crippen LogP) is 1.70. The summed E-state index contributed by atoms with van der Waals surface area (Å²) in [4.78, 5) is 26.9. The van der Waals surface area contributed by atoms with Crippen LogP contribution in [0, 0.1) is 6.92 Å². The number of carboxylic acids is 1. The Morgan fingerprint density at radius 2 is 2.05 bits per heavy atom. The van der Waals surface area contributed by atoms with E-state index in [1.165, 1.54) is 6.07 Å². The number of carboxylic acid groups (broad SMARTS) is 1. The van der Waals surface area contributed by atoms with Crippen molar-refractivity contribution in [3.8, 4) is 5.75 Å². The average Bonchev–Trinajstić information content (AvgIpc) is 2.42. The molecule has 0 aliphatic heterocycles. The fourth-order valence-electron chi connectivity index (χ4n) is 1.99. The largest absolute Gasteiger partial charge is 0.505 e. The highest BCUT2D eigenvalue weighted by Gasteiger charge is 2.17. The third-order valence-corrected chi connectivity index (χ3v) is 2.96. The first kappa shape index (κ1) is 13.8. The molecule has 1 heterocycles. The van der Waals surface area contributed by atoms with Crippen LogP contribution in [-0.4, -0.2) is 33.6 Å². The Morgan fingerprint density at radius 3 is 2.65 bits per heavy atom. The zero-order valence-electron chi connectivity index (χ0n) is 11.1. The molecule has 3 N–H and O–H groups in total. The number of benzene rings is 1. The van der Waals surface area contributed by atoms with Gasteiger partial charge < -0.3 is 15.5 Å². The Labute approximate surface area is 115 Å². The lowest BCUT2D eigenvalue weighted by molar-refractivity contribution is 0.0693. The van der Waals surface area contributed by atoms with E-state index >= 15 is 0 Å². The highest BCUT2D eigenvalue weighted by Crippen LogP contribution is 2.30. The Kier molecular flexibility index (Phi) is 3.56. The molecule has 0 aliphatic rings. The van der Waals surface area contributed by atoms with Crippen LogP contribution < -0.4 is 5.32 Å². The van der Waals surface area contributed by atoms with Gasteiger partial charge in [-0.1, -0.05) is 6.07 Å². The van der Waals surface area contributed by atoms with Gasteiger partial charge in [0.05, 0.1) is 0 Å². The van der Waals surface area contributed by atoms with E-state index in [0.29, 0.717) is 17.5 Å². The number of aromatic carboxylic acids is 1. The molecule has 6 heteroatoms. The summed E-state index contributed by atoms with van der Waals surface area (Å²) in [7, 11) is 0. The van der Waals surface area contributed by atoms with Crippen LogP contribution in [0.15, 0.2) is 18.2 Å². The molecule has 0 saturated heterocycles. The number of rotatable bonds is 3. The number of carbonyl (C=O) groups excluding carboxylic acids is 1. The minimum Gasteiger partial charge on any atom is -0.505 e. The molecule has 1 amide bonds. The molecule has 1 aromatic carbocycles. The maximum atomic E-state index is 11.7. The van der Waals surface area contributed by atoms with Gasteiger partial charge in [-0.15, -0.1) is 0 Å². The Hall–Kier alpha value is -2.63. The molecule has 104 valence electrons. The third-order valence-electron chi connectivity index (χ3n) is 2.96. The summed E-state index contributed by atoms with van der Waals surface area (Å²) in [5.41, 5.74) is 0.698. The Morgan fingerprint density at radius 1 is 1.35 bits per heavy atom. The topological polar surface area (TPSA) is 99.5 Å². The summed E-state index contributed by atoms with van der Waals surface area (Å²) in [5.74, 6) is -2.03. The highest BCUT2D eigenvalue weighted by atomic mass is 16.4. The van der Waals surface area contributed by atoms with Gasteiger partial charge in [0, 0.05) is 11.9 Å². The Balaban J connectivity index is 2.69. The van der Waals surface area contributed by atoms with Crippen molar-refractivity contribution >= 4 is 22.8 Å². The van der Waals surface area contributed by atoms with Crippen LogP contribution in [0.2, 0.25) is 0 Å². The van der Waals surface area contributed by atoms with Crippen LogP contribution in [0.3, 0.4) is 0 Å². The first-order valence-corrected chi connectivity index (χ1v) is 6.10. The first-order chi connectivity index (χ1) is 9.45. The van der Waals surface area contributed by atoms with Gasteiger partial charge >= 0.3 is 5.97 Å². The van der Waals surface area contributed by atoms with E-state index in [2.05, 4.69) is 10.3 Å². The number of hydrogen-bond donors (Lipinski definition) is 3. The number of nitrogens with zero attached hydrogens (tertiary/aromatic N) is 1. The molecule has 0 saturated carbocycles. The van der Waals surface area contributed by atoms with Gasteiger partial charge in [-0.25, -0.2) is 9.78 Å². The molecule has 0 unspecified atom stereocenters. The van der Waals surface area contributed by atoms with E-state index < -0.39 is 11.7 Å². The monoisotopic (exact) mass is 274 g/mol. The second kappa shape index (κ2) is 5.16. The molecule has 20 heavy (non-hydrogen) atoms. The quantitative estimate of drug-likeness (QED) is 0.791. The normalized spacial score (nSPS) is 10.5. The average molecular weight is 274 g/mol. The number of carbonyl (C=O) groups is 2. The zero-order chi connectivity index (χ0) is 14.9.